The highest BCUT2D eigenvalue weighted by Gasteiger charge is 2.04. The largest absolute Gasteiger partial charge is 0.372 e. The Morgan fingerprint density at radius 1 is 1.23 bits per heavy atom. The van der Waals surface area contributed by atoms with Crippen molar-refractivity contribution in [3.63, 3.8) is 0 Å². The minimum absolute atomic E-state index is 0.198. The van der Waals surface area contributed by atoms with Gasteiger partial charge in [0.25, 0.3) is 0 Å². The van der Waals surface area contributed by atoms with E-state index >= 15 is 0 Å². The van der Waals surface area contributed by atoms with Crippen LogP contribution in [0.1, 0.15) is 13.8 Å². The van der Waals surface area contributed by atoms with Crippen LogP contribution in [0, 0.1) is 5.82 Å². The van der Waals surface area contributed by atoms with Gasteiger partial charge in [-0.25, -0.2) is 4.39 Å². The van der Waals surface area contributed by atoms with Crippen LogP contribution in [0.25, 0.3) is 0 Å². The minimum Gasteiger partial charge on any atom is -0.372 e. The van der Waals surface area contributed by atoms with Crippen LogP contribution in [0.15, 0.2) is 22.7 Å². The van der Waals surface area contributed by atoms with E-state index in [1.807, 2.05) is 6.07 Å². The van der Waals surface area contributed by atoms with Crippen LogP contribution in [0.2, 0.25) is 0 Å². The molecule has 1 aromatic carbocycles. The topological polar surface area (TPSA) is 3.24 Å². The highest BCUT2D eigenvalue weighted by molar-refractivity contribution is 9.10. The van der Waals surface area contributed by atoms with E-state index in [1.54, 1.807) is 6.07 Å². The summed E-state index contributed by atoms with van der Waals surface area (Å²) in [5.41, 5.74) is 0.928. The second-order valence-electron chi connectivity index (χ2n) is 2.80. The highest BCUT2D eigenvalue weighted by atomic mass is 79.9. The summed E-state index contributed by atoms with van der Waals surface area (Å²) in [4.78, 5) is 2.10. The normalized spacial score (nSPS) is 10.2. The van der Waals surface area contributed by atoms with Crippen molar-refractivity contribution in [3.8, 4) is 0 Å². The number of benzene rings is 1. The first-order valence-corrected chi connectivity index (χ1v) is 5.17. The fraction of sp³-hybridized carbons (Fsp3) is 0.400. The average Bonchev–Trinajstić information content (AvgIpc) is 2.04. The zero-order chi connectivity index (χ0) is 9.84. The van der Waals surface area contributed by atoms with Crippen LogP contribution in [0.4, 0.5) is 10.1 Å². The number of halogens is 2. The molecule has 0 unspecified atom stereocenters. The van der Waals surface area contributed by atoms with Crippen LogP contribution in [-0.4, -0.2) is 13.1 Å². The van der Waals surface area contributed by atoms with Crippen molar-refractivity contribution in [3.05, 3.63) is 28.5 Å². The van der Waals surface area contributed by atoms with Crippen molar-refractivity contribution in [2.24, 2.45) is 0 Å². The molecule has 1 nitrogen and oxygen atoms in total. The molecule has 0 amide bonds. The Morgan fingerprint density at radius 2 is 1.85 bits per heavy atom. The van der Waals surface area contributed by atoms with Crippen LogP contribution < -0.4 is 4.90 Å². The molecule has 0 atom stereocenters. The number of hydrogen-bond donors (Lipinski definition) is 0. The third kappa shape index (κ3) is 2.69. The van der Waals surface area contributed by atoms with Gasteiger partial charge in [0.15, 0.2) is 0 Å². The van der Waals surface area contributed by atoms with Crippen molar-refractivity contribution in [2.75, 3.05) is 18.0 Å². The van der Waals surface area contributed by atoms with E-state index in [1.165, 1.54) is 6.07 Å². The summed E-state index contributed by atoms with van der Waals surface area (Å²) >= 11 is 3.27. The molecule has 3 heteroatoms. The zero-order valence-electron chi connectivity index (χ0n) is 7.85. The molecule has 0 fully saturated rings. The Bertz CT molecular complexity index is 264. The second-order valence-corrected chi connectivity index (χ2v) is 3.72. The quantitative estimate of drug-likeness (QED) is 0.789. The van der Waals surface area contributed by atoms with E-state index in [0.29, 0.717) is 0 Å². The van der Waals surface area contributed by atoms with Gasteiger partial charge in [-0.15, -0.1) is 0 Å². The SMILES string of the molecule is CCN(CC)c1cc(F)cc(Br)c1. The number of anilines is 1. The van der Waals surface area contributed by atoms with Gasteiger partial charge in [-0.2, -0.15) is 0 Å². The van der Waals surface area contributed by atoms with E-state index in [2.05, 4.69) is 34.7 Å². The van der Waals surface area contributed by atoms with Gasteiger partial charge in [0.05, 0.1) is 0 Å². The Kier molecular flexibility index (Phi) is 3.72. The Balaban J connectivity index is 2.99. The fourth-order valence-electron chi connectivity index (χ4n) is 1.31. The van der Waals surface area contributed by atoms with Gasteiger partial charge in [-0.05, 0) is 32.0 Å². The van der Waals surface area contributed by atoms with Crippen LogP contribution in [0.5, 0.6) is 0 Å². The van der Waals surface area contributed by atoms with Crippen molar-refractivity contribution < 1.29 is 4.39 Å². The lowest BCUT2D eigenvalue weighted by molar-refractivity contribution is 0.626. The van der Waals surface area contributed by atoms with Crippen LogP contribution in [-0.2, 0) is 0 Å². The minimum atomic E-state index is -0.198. The molecular weight excluding hydrogens is 233 g/mol. The molecule has 0 saturated heterocycles. The summed E-state index contributed by atoms with van der Waals surface area (Å²) in [7, 11) is 0. The maximum Gasteiger partial charge on any atom is 0.126 e. The molecule has 0 aliphatic rings. The van der Waals surface area contributed by atoms with Crippen molar-refractivity contribution in [1.29, 1.82) is 0 Å². The maximum absolute atomic E-state index is 13.0. The highest BCUT2D eigenvalue weighted by Crippen LogP contribution is 2.21. The van der Waals surface area contributed by atoms with Crippen molar-refractivity contribution >= 4 is 21.6 Å². The molecule has 0 N–H and O–H groups in total. The van der Waals surface area contributed by atoms with Crippen molar-refractivity contribution in [1.82, 2.24) is 0 Å². The number of hydrogen-bond acceptors (Lipinski definition) is 1. The third-order valence-electron chi connectivity index (χ3n) is 1.98. The van der Waals surface area contributed by atoms with Gasteiger partial charge in [0.2, 0.25) is 0 Å². The summed E-state index contributed by atoms with van der Waals surface area (Å²) in [6, 6.07) is 4.95. The third-order valence-corrected chi connectivity index (χ3v) is 2.43. The Labute approximate surface area is 86.7 Å². The van der Waals surface area contributed by atoms with E-state index in [9.17, 15) is 4.39 Å². The zero-order valence-corrected chi connectivity index (χ0v) is 9.44. The lowest BCUT2D eigenvalue weighted by Gasteiger charge is -2.21. The van der Waals surface area contributed by atoms with E-state index in [4.69, 9.17) is 0 Å². The summed E-state index contributed by atoms with van der Waals surface area (Å²) in [6.07, 6.45) is 0. The maximum atomic E-state index is 13.0. The number of nitrogens with zero attached hydrogens (tertiary/aromatic N) is 1. The molecule has 72 valence electrons. The van der Waals surface area contributed by atoms with Gasteiger partial charge < -0.3 is 4.90 Å². The molecule has 1 rings (SSSR count). The Hall–Kier alpha value is -0.570. The summed E-state index contributed by atoms with van der Waals surface area (Å²) in [5, 5.41) is 0. The smallest absolute Gasteiger partial charge is 0.126 e. The predicted octanol–water partition coefficient (Wildman–Crippen LogP) is 3.43. The van der Waals surface area contributed by atoms with Gasteiger partial charge in [-0.3, -0.25) is 0 Å². The van der Waals surface area contributed by atoms with Crippen LogP contribution >= 0.6 is 15.9 Å². The van der Waals surface area contributed by atoms with Gasteiger partial charge in [0, 0.05) is 23.2 Å². The summed E-state index contributed by atoms with van der Waals surface area (Å²) < 4.78 is 13.8. The lowest BCUT2D eigenvalue weighted by Crippen LogP contribution is -2.21. The first-order chi connectivity index (χ1) is 6.17. The molecule has 0 aromatic heterocycles. The molecule has 0 aliphatic heterocycles. The fourth-order valence-corrected chi connectivity index (χ4v) is 1.76. The van der Waals surface area contributed by atoms with E-state index in [-0.39, 0.29) is 5.82 Å². The first kappa shape index (κ1) is 10.5. The molecule has 0 saturated carbocycles. The van der Waals surface area contributed by atoms with Gasteiger partial charge in [-0.1, -0.05) is 15.9 Å². The Morgan fingerprint density at radius 3 is 2.31 bits per heavy atom. The van der Waals surface area contributed by atoms with Gasteiger partial charge in [0.1, 0.15) is 5.82 Å². The predicted molar refractivity (Wildman–Crippen MR) is 57.7 cm³/mol. The molecule has 0 aliphatic carbocycles. The second kappa shape index (κ2) is 4.61. The summed E-state index contributed by atoms with van der Waals surface area (Å²) in [5.74, 6) is -0.198. The standard InChI is InChI=1S/C10H13BrFN/c1-3-13(4-2)10-6-8(11)5-9(12)7-10/h5-7H,3-4H2,1-2H3. The number of rotatable bonds is 3. The average molecular weight is 246 g/mol. The first-order valence-electron chi connectivity index (χ1n) is 4.38. The molecule has 0 heterocycles. The molecule has 1 aromatic rings. The molecule has 0 radical (unpaired) electrons. The van der Waals surface area contributed by atoms with Crippen molar-refractivity contribution in [2.45, 2.75) is 13.8 Å². The van der Waals surface area contributed by atoms with E-state index < -0.39 is 0 Å². The molecule has 0 bridgehead atoms. The lowest BCUT2D eigenvalue weighted by atomic mass is 10.3. The van der Waals surface area contributed by atoms with Crippen LogP contribution in [0.3, 0.4) is 0 Å². The van der Waals surface area contributed by atoms with Gasteiger partial charge >= 0.3 is 0 Å². The molecule has 13 heavy (non-hydrogen) atoms. The van der Waals surface area contributed by atoms with E-state index in [0.717, 1.165) is 23.2 Å². The summed E-state index contributed by atoms with van der Waals surface area (Å²) in [6.45, 7) is 5.91. The molecule has 0 spiro atoms. The monoisotopic (exact) mass is 245 g/mol. The molecular formula is C10H13BrFN.